The van der Waals surface area contributed by atoms with Gasteiger partial charge in [-0.25, -0.2) is 0 Å². The fourth-order valence-electron chi connectivity index (χ4n) is 4.55. The molecule has 0 unspecified atom stereocenters. The Kier molecular flexibility index (Phi) is 7.00. The number of halogens is 4. The Morgan fingerprint density at radius 3 is 2.56 bits per heavy atom. The van der Waals surface area contributed by atoms with Crippen molar-refractivity contribution in [2.75, 3.05) is 32.8 Å². The molecule has 0 saturated carbocycles. The Labute approximate surface area is 215 Å². The molecule has 7 nitrogen and oxygen atoms in total. The number of carbonyl (C=O) groups is 1. The number of nitrogens with one attached hydrogen (secondary N) is 1. The number of nitrogens with zero attached hydrogens (tertiary/aromatic N) is 1. The third-order valence-electron chi connectivity index (χ3n) is 6.39. The molecule has 1 saturated heterocycles. The predicted molar refractivity (Wildman–Crippen MR) is 130 cm³/mol. The van der Waals surface area contributed by atoms with Crippen molar-refractivity contribution in [1.82, 2.24) is 10.2 Å². The van der Waals surface area contributed by atoms with E-state index in [1.165, 1.54) is 12.1 Å². The minimum atomic E-state index is -4.02. The van der Waals surface area contributed by atoms with Crippen molar-refractivity contribution in [3.05, 3.63) is 57.8 Å². The first kappa shape index (κ1) is 25.1. The fraction of sp³-hybridized carbons (Fsp3) is 0.400. The van der Waals surface area contributed by atoms with Crippen LogP contribution in [0.4, 0.5) is 8.78 Å². The lowest BCUT2D eigenvalue weighted by Gasteiger charge is -2.30. The minimum Gasteiger partial charge on any atom is -0.486 e. The molecule has 11 heteroatoms. The zero-order chi connectivity index (χ0) is 25.4. The van der Waals surface area contributed by atoms with Crippen LogP contribution < -0.4 is 14.8 Å². The molecule has 1 amide bonds. The summed E-state index contributed by atoms with van der Waals surface area (Å²) in [6.07, 6.45) is 0.642. The number of fused-ring (bicyclic) bond motifs is 2. The van der Waals surface area contributed by atoms with Crippen LogP contribution in [0.5, 0.6) is 11.5 Å². The SMILES string of the molecule is O=C(N[C@H](CN1CCCC1)[C@@H](O)c1ccc2c(c1)OCCO2)C(F)(F)c1cc2cc(Cl)cc(Cl)c2o1. The summed E-state index contributed by atoms with van der Waals surface area (Å²) in [5, 5.41) is 14.1. The number of likely N-dealkylation sites (tertiary alicyclic amines) is 1. The Balaban J connectivity index is 1.40. The van der Waals surface area contributed by atoms with Gasteiger partial charge in [0, 0.05) is 17.0 Å². The quantitative estimate of drug-likeness (QED) is 0.442. The van der Waals surface area contributed by atoms with E-state index >= 15 is 8.78 Å². The second kappa shape index (κ2) is 10.0. The van der Waals surface area contributed by atoms with Crippen LogP contribution in [0.25, 0.3) is 11.0 Å². The van der Waals surface area contributed by atoms with Crippen molar-refractivity contribution < 1.29 is 32.6 Å². The number of hydrogen-bond donors (Lipinski definition) is 2. The molecule has 5 rings (SSSR count). The minimum absolute atomic E-state index is 0.00784. The first-order valence-corrected chi connectivity index (χ1v) is 12.4. The van der Waals surface area contributed by atoms with Gasteiger partial charge in [0.25, 0.3) is 5.91 Å². The molecule has 1 aromatic heterocycles. The number of ether oxygens (including phenoxy) is 2. The summed E-state index contributed by atoms with van der Waals surface area (Å²) in [5.41, 5.74) is 0.422. The monoisotopic (exact) mass is 540 g/mol. The molecule has 2 aromatic carbocycles. The number of hydrogen-bond acceptors (Lipinski definition) is 6. The van der Waals surface area contributed by atoms with Gasteiger partial charge in [0.2, 0.25) is 0 Å². The normalized spacial score (nSPS) is 17.8. The second-order valence-corrected chi connectivity index (χ2v) is 9.77. The maximum atomic E-state index is 15.3. The van der Waals surface area contributed by atoms with Crippen LogP contribution in [0, 0.1) is 0 Å². The summed E-state index contributed by atoms with van der Waals surface area (Å²) < 4.78 is 46.9. The Morgan fingerprint density at radius 2 is 1.81 bits per heavy atom. The lowest BCUT2D eigenvalue weighted by molar-refractivity contribution is -0.151. The number of amides is 1. The number of furan rings is 1. The number of alkyl halides is 2. The largest absolute Gasteiger partial charge is 0.486 e. The van der Waals surface area contributed by atoms with E-state index in [0.717, 1.165) is 32.0 Å². The van der Waals surface area contributed by atoms with Crippen LogP contribution >= 0.6 is 23.2 Å². The molecule has 1 fully saturated rings. The first-order valence-electron chi connectivity index (χ1n) is 11.6. The second-order valence-electron chi connectivity index (χ2n) is 8.93. The fourth-order valence-corrected chi connectivity index (χ4v) is 5.09. The van der Waals surface area contributed by atoms with Crippen molar-refractivity contribution in [1.29, 1.82) is 0 Å². The smallest absolute Gasteiger partial charge is 0.380 e. The van der Waals surface area contributed by atoms with E-state index in [9.17, 15) is 9.90 Å². The topological polar surface area (TPSA) is 84.2 Å². The predicted octanol–water partition coefficient (Wildman–Crippen LogP) is 4.92. The van der Waals surface area contributed by atoms with Crippen molar-refractivity contribution in [2.24, 2.45) is 0 Å². The van der Waals surface area contributed by atoms with E-state index in [1.54, 1.807) is 18.2 Å². The Morgan fingerprint density at radius 1 is 1.08 bits per heavy atom. The van der Waals surface area contributed by atoms with Crippen molar-refractivity contribution in [3.8, 4) is 11.5 Å². The molecule has 0 aliphatic carbocycles. The van der Waals surface area contributed by atoms with E-state index in [2.05, 4.69) is 5.32 Å². The number of carbonyl (C=O) groups excluding carboxylic acids is 1. The number of aliphatic hydroxyl groups is 1. The van der Waals surface area contributed by atoms with E-state index < -0.39 is 29.7 Å². The summed E-state index contributed by atoms with van der Waals surface area (Å²) >= 11 is 12.0. The molecule has 192 valence electrons. The highest BCUT2D eigenvalue weighted by molar-refractivity contribution is 6.38. The highest BCUT2D eigenvalue weighted by atomic mass is 35.5. The van der Waals surface area contributed by atoms with Crippen LogP contribution in [0.2, 0.25) is 10.0 Å². The summed E-state index contributed by atoms with van der Waals surface area (Å²) in [5.74, 6) is -5.50. The van der Waals surface area contributed by atoms with Gasteiger partial charge in [0.1, 0.15) is 19.3 Å². The molecule has 2 aliphatic rings. The maximum absolute atomic E-state index is 15.3. The Hall–Kier alpha value is -2.59. The van der Waals surface area contributed by atoms with Gasteiger partial charge < -0.3 is 29.2 Å². The molecule has 2 atom stereocenters. The first-order chi connectivity index (χ1) is 17.2. The zero-order valence-electron chi connectivity index (χ0n) is 19.1. The zero-order valence-corrected chi connectivity index (χ0v) is 20.6. The average molecular weight is 541 g/mol. The molecule has 0 spiro atoms. The van der Waals surface area contributed by atoms with Crippen LogP contribution in [0.1, 0.15) is 30.3 Å². The average Bonchev–Trinajstić information content (AvgIpc) is 3.53. The van der Waals surface area contributed by atoms with Crippen LogP contribution in [0.3, 0.4) is 0 Å². The molecule has 3 aromatic rings. The van der Waals surface area contributed by atoms with Gasteiger partial charge in [0.05, 0.1) is 11.1 Å². The molecule has 0 radical (unpaired) electrons. The molecule has 3 heterocycles. The van der Waals surface area contributed by atoms with Gasteiger partial charge in [-0.1, -0.05) is 29.3 Å². The number of aliphatic hydroxyl groups excluding tert-OH is 1. The molecular formula is C25H24Cl2F2N2O5. The van der Waals surface area contributed by atoms with Gasteiger partial charge in [-0.2, -0.15) is 8.78 Å². The van der Waals surface area contributed by atoms with Gasteiger partial charge in [-0.15, -0.1) is 0 Å². The van der Waals surface area contributed by atoms with Crippen molar-refractivity contribution >= 4 is 40.1 Å². The van der Waals surface area contributed by atoms with E-state index in [4.69, 9.17) is 37.1 Å². The van der Waals surface area contributed by atoms with Gasteiger partial charge in [-0.05, 0) is 61.8 Å². The highest BCUT2D eigenvalue weighted by Gasteiger charge is 2.46. The summed E-state index contributed by atoms with van der Waals surface area (Å²) in [4.78, 5) is 14.9. The van der Waals surface area contributed by atoms with Crippen LogP contribution in [0.15, 0.2) is 40.8 Å². The van der Waals surface area contributed by atoms with Gasteiger partial charge >= 0.3 is 5.92 Å². The molecule has 2 N–H and O–H groups in total. The van der Waals surface area contributed by atoms with Gasteiger partial charge in [-0.3, -0.25) is 4.79 Å². The van der Waals surface area contributed by atoms with E-state index in [-0.39, 0.29) is 27.6 Å². The van der Waals surface area contributed by atoms with Crippen LogP contribution in [-0.2, 0) is 10.7 Å². The molecular weight excluding hydrogens is 517 g/mol. The molecule has 36 heavy (non-hydrogen) atoms. The summed E-state index contributed by atoms with van der Waals surface area (Å²) in [6.45, 7) is 2.47. The van der Waals surface area contributed by atoms with Crippen molar-refractivity contribution in [2.45, 2.75) is 30.9 Å². The van der Waals surface area contributed by atoms with Crippen LogP contribution in [-0.4, -0.2) is 54.8 Å². The third-order valence-corrected chi connectivity index (χ3v) is 6.89. The van der Waals surface area contributed by atoms with E-state index in [1.807, 2.05) is 4.90 Å². The van der Waals surface area contributed by atoms with Crippen molar-refractivity contribution in [3.63, 3.8) is 0 Å². The molecule has 2 aliphatic heterocycles. The van der Waals surface area contributed by atoms with E-state index in [0.29, 0.717) is 30.3 Å². The van der Waals surface area contributed by atoms with Gasteiger partial charge in [0.15, 0.2) is 22.8 Å². The highest BCUT2D eigenvalue weighted by Crippen LogP contribution is 2.38. The standard InChI is InChI=1S/C25H24Cl2F2N2O5/c26-16-9-15-11-21(36-23(15)17(27)12-16)25(28,29)24(33)30-18(13-31-5-1-2-6-31)22(32)14-3-4-19-20(10-14)35-8-7-34-19/h3-4,9-12,18,22,32H,1-2,5-8,13H2,(H,30,33)/t18-,22+/m1/s1. The maximum Gasteiger partial charge on any atom is 0.380 e. The lowest BCUT2D eigenvalue weighted by Crippen LogP contribution is -2.50. The summed E-state index contributed by atoms with van der Waals surface area (Å²) in [6, 6.07) is 7.69. The molecule has 0 bridgehead atoms. The number of benzene rings is 2. The Bertz CT molecular complexity index is 1280. The summed E-state index contributed by atoms with van der Waals surface area (Å²) in [7, 11) is 0. The number of rotatable bonds is 7. The lowest BCUT2D eigenvalue weighted by atomic mass is 10.0. The third kappa shape index (κ3) is 4.98.